The molecule has 6 nitrogen and oxygen atoms in total. The number of esters is 1. The highest BCUT2D eigenvalue weighted by molar-refractivity contribution is 5.91. The number of rotatable bonds is 5. The van der Waals surface area contributed by atoms with E-state index in [4.69, 9.17) is 4.74 Å². The lowest BCUT2D eigenvalue weighted by Gasteiger charge is -2.22. The van der Waals surface area contributed by atoms with Gasteiger partial charge >= 0.3 is 5.97 Å². The first-order valence-electron chi connectivity index (χ1n) is 9.00. The molecule has 1 heterocycles. The zero-order chi connectivity index (χ0) is 19.2. The van der Waals surface area contributed by atoms with Crippen LogP contribution in [0, 0.1) is 15.9 Å². The Morgan fingerprint density at radius 1 is 1.11 bits per heavy atom. The number of nitro groups is 1. The zero-order valence-corrected chi connectivity index (χ0v) is 14.9. The Morgan fingerprint density at radius 3 is 2.48 bits per heavy atom. The van der Waals surface area contributed by atoms with Crippen LogP contribution in [0.25, 0.3) is 0 Å². The van der Waals surface area contributed by atoms with E-state index in [0.717, 1.165) is 38.8 Å². The second-order valence-corrected chi connectivity index (χ2v) is 6.53. The van der Waals surface area contributed by atoms with Crippen molar-refractivity contribution in [2.45, 2.75) is 32.3 Å². The van der Waals surface area contributed by atoms with E-state index in [9.17, 15) is 19.3 Å². The van der Waals surface area contributed by atoms with E-state index in [1.807, 2.05) is 4.90 Å². The van der Waals surface area contributed by atoms with Gasteiger partial charge in [-0.25, -0.2) is 9.18 Å². The fourth-order valence-electron chi connectivity index (χ4n) is 3.22. The molecule has 1 saturated heterocycles. The Balaban J connectivity index is 1.77. The van der Waals surface area contributed by atoms with Crippen molar-refractivity contribution < 1.29 is 18.8 Å². The molecule has 0 atom stereocenters. The summed E-state index contributed by atoms with van der Waals surface area (Å²) in [5.41, 5.74) is 0.739. The van der Waals surface area contributed by atoms with Gasteiger partial charge < -0.3 is 9.64 Å². The third-order valence-electron chi connectivity index (χ3n) is 4.67. The number of nitrogens with zero attached hydrogens (tertiary/aromatic N) is 2. The van der Waals surface area contributed by atoms with E-state index in [2.05, 4.69) is 0 Å². The summed E-state index contributed by atoms with van der Waals surface area (Å²) in [6.45, 7) is 1.29. The van der Waals surface area contributed by atoms with Gasteiger partial charge in [0.25, 0.3) is 5.69 Å². The van der Waals surface area contributed by atoms with E-state index >= 15 is 0 Å². The van der Waals surface area contributed by atoms with Gasteiger partial charge in [0.05, 0.1) is 10.5 Å². The number of carbonyl (C=O) groups is 1. The van der Waals surface area contributed by atoms with Crippen molar-refractivity contribution in [3.8, 4) is 0 Å². The standard InChI is InChI=1S/C20H21FN2O4/c21-17-8-4-3-7-16(17)14-27-20(24)15-9-10-18(19(13-15)23(25)26)22-11-5-1-2-6-12-22/h3-4,7-10,13H,1-2,5-6,11-12,14H2. The fourth-order valence-corrected chi connectivity index (χ4v) is 3.22. The Hall–Kier alpha value is -2.96. The maximum atomic E-state index is 13.6. The molecular weight excluding hydrogens is 351 g/mol. The molecule has 0 bridgehead atoms. The van der Waals surface area contributed by atoms with Crippen LogP contribution in [0.15, 0.2) is 42.5 Å². The molecule has 27 heavy (non-hydrogen) atoms. The average Bonchev–Trinajstić information content (AvgIpc) is 2.96. The van der Waals surface area contributed by atoms with Crippen LogP contribution in [-0.4, -0.2) is 24.0 Å². The van der Waals surface area contributed by atoms with Crippen molar-refractivity contribution in [3.63, 3.8) is 0 Å². The Bertz CT molecular complexity index is 832. The normalized spacial score (nSPS) is 14.5. The van der Waals surface area contributed by atoms with Crippen molar-refractivity contribution >= 4 is 17.3 Å². The number of hydrogen-bond donors (Lipinski definition) is 0. The molecule has 2 aromatic carbocycles. The minimum Gasteiger partial charge on any atom is -0.457 e. The largest absolute Gasteiger partial charge is 0.457 e. The predicted molar refractivity (Wildman–Crippen MR) is 99.3 cm³/mol. The van der Waals surface area contributed by atoms with Crippen LogP contribution in [0.3, 0.4) is 0 Å². The first-order chi connectivity index (χ1) is 13.1. The van der Waals surface area contributed by atoms with Gasteiger partial charge in [-0.1, -0.05) is 31.0 Å². The first kappa shape index (κ1) is 18.8. The van der Waals surface area contributed by atoms with Crippen LogP contribution in [-0.2, 0) is 11.3 Å². The highest BCUT2D eigenvalue weighted by Gasteiger charge is 2.23. The topological polar surface area (TPSA) is 72.7 Å². The molecule has 0 aromatic heterocycles. The van der Waals surface area contributed by atoms with Gasteiger partial charge in [0, 0.05) is 24.7 Å². The lowest BCUT2D eigenvalue weighted by Crippen LogP contribution is -2.24. The minimum atomic E-state index is -0.719. The van der Waals surface area contributed by atoms with Crippen molar-refractivity contribution in [2.75, 3.05) is 18.0 Å². The predicted octanol–water partition coefficient (Wildman–Crippen LogP) is 4.47. The molecule has 0 amide bonds. The molecule has 7 heteroatoms. The van der Waals surface area contributed by atoms with Gasteiger partial charge in [0.1, 0.15) is 18.1 Å². The Morgan fingerprint density at radius 2 is 1.81 bits per heavy atom. The summed E-state index contributed by atoms with van der Waals surface area (Å²) in [5.74, 6) is -1.18. The summed E-state index contributed by atoms with van der Waals surface area (Å²) in [6.07, 6.45) is 4.21. The molecule has 0 saturated carbocycles. The second kappa shape index (κ2) is 8.62. The quantitative estimate of drug-likeness (QED) is 0.440. The van der Waals surface area contributed by atoms with Gasteiger partial charge in [-0.15, -0.1) is 0 Å². The molecule has 1 aliphatic heterocycles. The van der Waals surface area contributed by atoms with Gasteiger partial charge in [0.15, 0.2) is 0 Å². The van der Waals surface area contributed by atoms with Crippen LogP contribution < -0.4 is 4.90 Å². The van der Waals surface area contributed by atoms with E-state index < -0.39 is 16.7 Å². The highest BCUT2D eigenvalue weighted by atomic mass is 19.1. The number of carbonyl (C=O) groups excluding carboxylic acids is 1. The molecule has 0 N–H and O–H groups in total. The third kappa shape index (κ3) is 4.61. The smallest absolute Gasteiger partial charge is 0.338 e. The van der Waals surface area contributed by atoms with Crippen LogP contribution >= 0.6 is 0 Å². The van der Waals surface area contributed by atoms with Gasteiger partial charge in [0.2, 0.25) is 0 Å². The lowest BCUT2D eigenvalue weighted by atomic mass is 10.1. The Labute approximate surface area is 156 Å². The minimum absolute atomic E-state index is 0.0802. The van der Waals surface area contributed by atoms with Crippen LogP contribution in [0.1, 0.15) is 41.6 Å². The van der Waals surface area contributed by atoms with Crippen LogP contribution in [0.4, 0.5) is 15.8 Å². The first-order valence-corrected chi connectivity index (χ1v) is 9.00. The SMILES string of the molecule is O=C(OCc1ccccc1F)c1ccc(N2CCCCCC2)c([N+](=O)[O-])c1. The highest BCUT2D eigenvalue weighted by Crippen LogP contribution is 2.31. The van der Waals surface area contributed by atoms with E-state index in [0.29, 0.717) is 5.69 Å². The second-order valence-electron chi connectivity index (χ2n) is 6.53. The van der Waals surface area contributed by atoms with Gasteiger partial charge in [-0.2, -0.15) is 0 Å². The summed E-state index contributed by atoms with van der Waals surface area (Å²) >= 11 is 0. The van der Waals surface area contributed by atoms with Gasteiger partial charge in [-0.05, 0) is 31.0 Å². The molecule has 1 fully saturated rings. The van der Waals surface area contributed by atoms with Crippen molar-refractivity contribution in [2.24, 2.45) is 0 Å². The molecule has 0 spiro atoms. The Kier molecular flexibility index (Phi) is 6.01. The van der Waals surface area contributed by atoms with Gasteiger partial charge in [-0.3, -0.25) is 10.1 Å². The third-order valence-corrected chi connectivity index (χ3v) is 4.67. The number of hydrogen-bond acceptors (Lipinski definition) is 5. The zero-order valence-electron chi connectivity index (χ0n) is 14.9. The summed E-state index contributed by atoms with van der Waals surface area (Å²) in [6, 6.07) is 10.4. The fraction of sp³-hybridized carbons (Fsp3) is 0.350. The molecule has 142 valence electrons. The summed E-state index contributed by atoms with van der Waals surface area (Å²) in [5, 5.41) is 11.5. The van der Waals surface area contributed by atoms with Crippen molar-refractivity contribution in [1.29, 1.82) is 0 Å². The molecule has 0 radical (unpaired) electrons. The van der Waals surface area contributed by atoms with E-state index in [1.54, 1.807) is 18.2 Å². The van der Waals surface area contributed by atoms with E-state index in [-0.39, 0.29) is 23.4 Å². The number of anilines is 1. The summed E-state index contributed by atoms with van der Waals surface area (Å²) in [7, 11) is 0. The monoisotopic (exact) mass is 372 g/mol. The average molecular weight is 372 g/mol. The molecule has 1 aliphatic rings. The lowest BCUT2D eigenvalue weighted by molar-refractivity contribution is -0.384. The number of nitro benzene ring substituents is 1. The molecule has 0 aliphatic carbocycles. The maximum absolute atomic E-state index is 13.6. The molecule has 2 aromatic rings. The van der Waals surface area contributed by atoms with Crippen LogP contribution in [0.2, 0.25) is 0 Å². The summed E-state index contributed by atoms with van der Waals surface area (Å²) in [4.78, 5) is 25.3. The number of ether oxygens (including phenoxy) is 1. The summed E-state index contributed by atoms with van der Waals surface area (Å²) < 4.78 is 18.7. The van der Waals surface area contributed by atoms with Crippen molar-refractivity contribution in [1.82, 2.24) is 0 Å². The number of benzene rings is 2. The maximum Gasteiger partial charge on any atom is 0.338 e. The van der Waals surface area contributed by atoms with E-state index in [1.165, 1.54) is 24.3 Å². The molecule has 0 unspecified atom stereocenters. The number of halogens is 1. The van der Waals surface area contributed by atoms with Crippen LogP contribution in [0.5, 0.6) is 0 Å². The molecular formula is C20H21FN2O4. The molecule has 3 rings (SSSR count). The van der Waals surface area contributed by atoms with Crippen molar-refractivity contribution in [3.05, 3.63) is 69.5 Å².